The third-order valence-electron chi connectivity index (χ3n) is 2.39. The molecule has 0 fully saturated rings. The Morgan fingerprint density at radius 2 is 2.10 bits per heavy atom. The lowest BCUT2D eigenvalue weighted by molar-refractivity contribution is -0.172. The molecule has 8 heteroatoms. The number of nitrogen functional groups attached to an aromatic ring is 1. The fourth-order valence-corrected chi connectivity index (χ4v) is 1.51. The van der Waals surface area contributed by atoms with Gasteiger partial charge in [0.05, 0.1) is 30.2 Å². The van der Waals surface area contributed by atoms with Crippen LogP contribution >= 0.6 is 0 Å². The predicted molar refractivity (Wildman–Crippen MR) is 72.2 cm³/mol. The van der Waals surface area contributed by atoms with Gasteiger partial charge >= 0.3 is 12.1 Å². The fourth-order valence-electron chi connectivity index (χ4n) is 1.51. The summed E-state index contributed by atoms with van der Waals surface area (Å²) in [5.74, 6) is -0.482. The molecule has 0 bridgehead atoms. The first-order valence-electron chi connectivity index (χ1n) is 6.28. The first kappa shape index (κ1) is 17.1. The standard InChI is InChI=1S/C13H17F3N2O3/c1-2-21-12(19)9-3-4-11(10(17)7-9)18-5-6-20-8-13(14,15)16/h3-4,7,18H,2,5-6,8,17H2,1H3. The Morgan fingerprint density at radius 1 is 1.38 bits per heavy atom. The minimum absolute atomic E-state index is 0.113. The van der Waals surface area contributed by atoms with Crippen molar-refractivity contribution in [1.29, 1.82) is 0 Å². The second kappa shape index (κ2) is 7.72. The van der Waals surface area contributed by atoms with Gasteiger partial charge in [-0.2, -0.15) is 13.2 Å². The molecule has 0 aliphatic carbocycles. The Bertz CT molecular complexity index is 478. The highest BCUT2D eigenvalue weighted by molar-refractivity contribution is 5.91. The molecule has 0 unspecified atom stereocenters. The van der Waals surface area contributed by atoms with Crippen LogP contribution in [0.4, 0.5) is 24.5 Å². The number of alkyl halides is 3. The lowest BCUT2D eigenvalue weighted by atomic mass is 10.1. The molecule has 0 radical (unpaired) electrons. The molecule has 0 saturated heterocycles. The number of carbonyl (C=O) groups excluding carboxylic acids is 1. The summed E-state index contributed by atoms with van der Waals surface area (Å²) in [5.41, 5.74) is 6.88. The van der Waals surface area contributed by atoms with E-state index in [0.717, 1.165) is 0 Å². The molecule has 0 saturated carbocycles. The van der Waals surface area contributed by atoms with Crippen molar-refractivity contribution in [3.63, 3.8) is 0 Å². The van der Waals surface area contributed by atoms with Crippen molar-refractivity contribution < 1.29 is 27.4 Å². The van der Waals surface area contributed by atoms with Crippen LogP contribution in [0.1, 0.15) is 17.3 Å². The zero-order valence-electron chi connectivity index (χ0n) is 11.5. The third-order valence-corrected chi connectivity index (χ3v) is 2.39. The molecule has 3 N–H and O–H groups in total. The number of rotatable bonds is 7. The monoisotopic (exact) mass is 306 g/mol. The number of nitrogens with one attached hydrogen (secondary N) is 1. The van der Waals surface area contributed by atoms with Crippen molar-refractivity contribution in [2.45, 2.75) is 13.1 Å². The van der Waals surface area contributed by atoms with Crippen molar-refractivity contribution in [3.05, 3.63) is 23.8 Å². The zero-order chi connectivity index (χ0) is 15.9. The van der Waals surface area contributed by atoms with Crippen LogP contribution in [0.25, 0.3) is 0 Å². The Balaban J connectivity index is 2.44. The normalized spacial score (nSPS) is 11.2. The number of nitrogens with two attached hydrogens (primary N) is 1. The minimum Gasteiger partial charge on any atom is -0.462 e. The van der Waals surface area contributed by atoms with E-state index in [2.05, 4.69) is 10.1 Å². The molecule has 0 aromatic heterocycles. The van der Waals surface area contributed by atoms with E-state index in [4.69, 9.17) is 10.5 Å². The number of carbonyl (C=O) groups is 1. The van der Waals surface area contributed by atoms with Gasteiger partial charge in [-0.15, -0.1) is 0 Å². The number of hydrogen-bond donors (Lipinski definition) is 2. The van der Waals surface area contributed by atoms with Crippen LogP contribution in [-0.4, -0.2) is 38.5 Å². The molecule has 1 aromatic carbocycles. The van der Waals surface area contributed by atoms with Crippen molar-refractivity contribution >= 4 is 17.3 Å². The van der Waals surface area contributed by atoms with E-state index in [1.165, 1.54) is 12.1 Å². The summed E-state index contributed by atoms with van der Waals surface area (Å²) in [4.78, 5) is 11.5. The van der Waals surface area contributed by atoms with Gasteiger partial charge in [-0.05, 0) is 25.1 Å². The molecular formula is C13H17F3N2O3. The molecule has 0 atom stereocenters. The van der Waals surface area contributed by atoms with E-state index in [0.29, 0.717) is 16.9 Å². The van der Waals surface area contributed by atoms with E-state index >= 15 is 0 Å². The lowest BCUT2D eigenvalue weighted by Gasteiger charge is -2.11. The molecule has 1 aromatic rings. The number of halogens is 3. The van der Waals surface area contributed by atoms with E-state index in [1.807, 2.05) is 0 Å². The third kappa shape index (κ3) is 6.35. The van der Waals surface area contributed by atoms with Gasteiger partial charge in [-0.3, -0.25) is 0 Å². The molecule has 0 amide bonds. The van der Waals surface area contributed by atoms with Crippen molar-refractivity contribution in [2.75, 3.05) is 37.4 Å². The summed E-state index contributed by atoms with van der Waals surface area (Å²) in [5, 5.41) is 2.83. The lowest BCUT2D eigenvalue weighted by Crippen LogP contribution is -2.20. The number of ether oxygens (including phenoxy) is 2. The Hall–Kier alpha value is -1.96. The molecule has 0 spiro atoms. The van der Waals surface area contributed by atoms with Crippen LogP contribution in [0.3, 0.4) is 0 Å². The SMILES string of the molecule is CCOC(=O)c1ccc(NCCOCC(F)(F)F)c(N)c1. The fraction of sp³-hybridized carbons (Fsp3) is 0.462. The first-order chi connectivity index (χ1) is 9.83. The second-order valence-corrected chi connectivity index (χ2v) is 4.12. The van der Waals surface area contributed by atoms with Crippen molar-refractivity contribution in [1.82, 2.24) is 0 Å². The molecule has 5 nitrogen and oxygen atoms in total. The maximum Gasteiger partial charge on any atom is 0.411 e. The topological polar surface area (TPSA) is 73.6 Å². The summed E-state index contributed by atoms with van der Waals surface area (Å²) >= 11 is 0. The van der Waals surface area contributed by atoms with E-state index < -0.39 is 18.8 Å². The predicted octanol–water partition coefficient (Wildman–Crippen LogP) is 2.44. The van der Waals surface area contributed by atoms with Crippen LogP contribution in [0.5, 0.6) is 0 Å². The molecule has 0 aliphatic rings. The smallest absolute Gasteiger partial charge is 0.411 e. The van der Waals surface area contributed by atoms with Crippen LogP contribution < -0.4 is 11.1 Å². The van der Waals surface area contributed by atoms with E-state index in [1.54, 1.807) is 13.0 Å². The number of anilines is 2. The highest BCUT2D eigenvalue weighted by Gasteiger charge is 2.27. The van der Waals surface area contributed by atoms with Gasteiger partial charge in [0.1, 0.15) is 6.61 Å². The highest BCUT2D eigenvalue weighted by atomic mass is 19.4. The molecule has 118 valence electrons. The van der Waals surface area contributed by atoms with Gasteiger partial charge in [-0.25, -0.2) is 4.79 Å². The van der Waals surface area contributed by atoms with Crippen LogP contribution in [0, 0.1) is 0 Å². The largest absolute Gasteiger partial charge is 0.462 e. The average Bonchev–Trinajstić information content (AvgIpc) is 2.39. The Morgan fingerprint density at radius 3 is 2.67 bits per heavy atom. The molecule has 21 heavy (non-hydrogen) atoms. The Labute approximate surface area is 120 Å². The first-order valence-corrected chi connectivity index (χ1v) is 6.28. The number of benzene rings is 1. The maximum atomic E-state index is 11.8. The molecule has 0 aliphatic heterocycles. The average molecular weight is 306 g/mol. The van der Waals surface area contributed by atoms with Crippen LogP contribution in [-0.2, 0) is 9.47 Å². The van der Waals surface area contributed by atoms with Crippen molar-refractivity contribution in [3.8, 4) is 0 Å². The van der Waals surface area contributed by atoms with Crippen LogP contribution in [0.2, 0.25) is 0 Å². The summed E-state index contributed by atoms with van der Waals surface area (Å²) < 4.78 is 44.8. The van der Waals surface area contributed by atoms with E-state index in [-0.39, 0.29) is 19.8 Å². The van der Waals surface area contributed by atoms with Crippen LogP contribution in [0.15, 0.2) is 18.2 Å². The van der Waals surface area contributed by atoms with Gasteiger partial charge in [-0.1, -0.05) is 0 Å². The van der Waals surface area contributed by atoms with E-state index in [9.17, 15) is 18.0 Å². The quantitative estimate of drug-likeness (QED) is 0.460. The molecule has 1 rings (SSSR count). The summed E-state index contributed by atoms with van der Waals surface area (Å²) in [6, 6.07) is 4.52. The van der Waals surface area contributed by atoms with Gasteiger partial charge in [0.25, 0.3) is 0 Å². The number of hydrogen-bond acceptors (Lipinski definition) is 5. The second-order valence-electron chi connectivity index (χ2n) is 4.12. The van der Waals surface area contributed by atoms with Gasteiger partial charge in [0.15, 0.2) is 0 Å². The Kier molecular flexibility index (Phi) is 6.29. The summed E-state index contributed by atoms with van der Waals surface area (Å²) in [7, 11) is 0. The summed E-state index contributed by atoms with van der Waals surface area (Å²) in [6.45, 7) is 0.719. The van der Waals surface area contributed by atoms with Gasteiger partial charge in [0.2, 0.25) is 0 Å². The van der Waals surface area contributed by atoms with Gasteiger partial charge in [0, 0.05) is 6.54 Å². The zero-order valence-corrected chi connectivity index (χ0v) is 11.5. The minimum atomic E-state index is -4.33. The maximum absolute atomic E-state index is 11.8. The van der Waals surface area contributed by atoms with Crippen molar-refractivity contribution in [2.24, 2.45) is 0 Å². The molecular weight excluding hydrogens is 289 g/mol. The number of esters is 1. The van der Waals surface area contributed by atoms with Gasteiger partial charge < -0.3 is 20.5 Å². The highest BCUT2D eigenvalue weighted by Crippen LogP contribution is 2.20. The summed E-state index contributed by atoms with van der Waals surface area (Å²) in [6.07, 6.45) is -4.33. The molecule has 0 heterocycles.